The van der Waals surface area contributed by atoms with Crippen molar-refractivity contribution in [2.45, 2.75) is 0 Å². The first-order valence-electron chi connectivity index (χ1n) is 6.11. The zero-order valence-corrected chi connectivity index (χ0v) is 10.7. The Morgan fingerprint density at radius 2 is 2.05 bits per heavy atom. The van der Waals surface area contributed by atoms with Crippen LogP contribution in [0.5, 0.6) is 0 Å². The van der Waals surface area contributed by atoms with Gasteiger partial charge in [0.2, 0.25) is 0 Å². The van der Waals surface area contributed by atoms with Gasteiger partial charge in [-0.1, -0.05) is 6.07 Å². The minimum Gasteiger partial charge on any atom is -0.478 e. The van der Waals surface area contributed by atoms with Gasteiger partial charge in [0.15, 0.2) is 5.76 Å². The predicted molar refractivity (Wildman–Crippen MR) is 75.4 cm³/mol. The summed E-state index contributed by atoms with van der Waals surface area (Å²) in [5, 5.41) is 12.3. The molecule has 1 aromatic carbocycles. The molecule has 0 radical (unpaired) electrons. The van der Waals surface area contributed by atoms with Gasteiger partial charge in [0.25, 0.3) is 5.91 Å². The first-order chi connectivity index (χ1) is 10.1. The molecule has 2 N–H and O–H groups in total. The molecule has 0 atom stereocenters. The third-order valence-electron chi connectivity index (χ3n) is 2.93. The quantitative estimate of drug-likeness (QED) is 0.770. The Kier molecular flexibility index (Phi) is 3.12. The highest BCUT2D eigenvalue weighted by Gasteiger charge is 2.14. The summed E-state index contributed by atoms with van der Waals surface area (Å²) in [5.41, 5.74) is 1.33. The van der Waals surface area contributed by atoms with Crippen molar-refractivity contribution in [2.24, 2.45) is 0 Å². The Balaban J connectivity index is 1.83. The molecule has 0 aliphatic rings. The van der Waals surface area contributed by atoms with Gasteiger partial charge in [-0.25, -0.2) is 4.79 Å². The van der Waals surface area contributed by atoms with Crippen LogP contribution in [0.2, 0.25) is 0 Å². The smallest absolute Gasteiger partial charge is 0.338 e. The van der Waals surface area contributed by atoms with Crippen molar-refractivity contribution in [3.8, 4) is 0 Å². The van der Waals surface area contributed by atoms with Crippen LogP contribution in [0.25, 0.3) is 10.9 Å². The molecule has 6 heteroatoms. The molecule has 104 valence electrons. The van der Waals surface area contributed by atoms with Gasteiger partial charge in [-0.2, -0.15) is 0 Å². The second kappa shape index (κ2) is 5.09. The van der Waals surface area contributed by atoms with Gasteiger partial charge in [-0.3, -0.25) is 9.78 Å². The van der Waals surface area contributed by atoms with Gasteiger partial charge in [0.05, 0.1) is 11.1 Å². The average molecular weight is 282 g/mol. The van der Waals surface area contributed by atoms with Crippen LogP contribution >= 0.6 is 0 Å². The number of amides is 1. The Hall–Kier alpha value is -3.15. The van der Waals surface area contributed by atoms with Gasteiger partial charge in [0.1, 0.15) is 6.26 Å². The number of hydrogen-bond acceptors (Lipinski definition) is 4. The Bertz CT molecular complexity index is 838. The molecule has 0 spiro atoms. The molecule has 3 aromatic rings. The standard InChI is InChI=1S/C15H10N2O4/c18-14(13-7-10(8-21-13)15(19)20)17-11-3-4-12-9(6-11)2-1-5-16-12/h1-8H,(H,17,18)(H,19,20). The fourth-order valence-corrected chi connectivity index (χ4v) is 1.91. The maximum absolute atomic E-state index is 12.0. The first-order valence-corrected chi connectivity index (χ1v) is 6.11. The van der Waals surface area contributed by atoms with E-state index in [1.54, 1.807) is 30.5 Å². The Morgan fingerprint density at radius 3 is 2.81 bits per heavy atom. The molecular formula is C15H10N2O4. The van der Waals surface area contributed by atoms with Crippen molar-refractivity contribution in [1.82, 2.24) is 4.98 Å². The number of anilines is 1. The highest BCUT2D eigenvalue weighted by atomic mass is 16.4. The molecular weight excluding hydrogens is 272 g/mol. The lowest BCUT2D eigenvalue weighted by atomic mass is 10.2. The lowest BCUT2D eigenvalue weighted by molar-refractivity contribution is 0.0696. The number of benzene rings is 1. The molecule has 2 aromatic heterocycles. The molecule has 0 saturated heterocycles. The summed E-state index contributed by atoms with van der Waals surface area (Å²) in [6.45, 7) is 0. The van der Waals surface area contributed by atoms with Crippen molar-refractivity contribution in [2.75, 3.05) is 5.32 Å². The van der Waals surface area contributed by atoms with Gasteiger partial charge in [0, 0.05) is 23.3 Å². The van der Waals surface area contributed by atoms with Gasteiger partial charge < -0.3 is 14.8 Å². The lowest BCUT2D eigenvalue weighted by Gasteiger charge is -2.04. The summed E-state index contributed by atoms with van der Waals surface area (Å²) in [7, 11) is 0. The molecule has 0 fully saturated rings. The maximum atomic E-state index is 12.0. The number of aromatic nitrogens is 1. The SMILES string of the molecule is O=C(O)c1coc(C(=O)Nc2ccc3ncccc3c2)c1. The number of nitrogens with one attached hydrogen (secondary N) is 1. The van der Waals surface area contributed by atoms with E-state index >= 15 is 0 Å². The number of furan rings is 1. The van der Waals surface area contributed by atoms with Crippen molar-refractivity contribution in [3.05, 3.63) is 60.2 Å². The summed E-state index contributed by atoms with van der Waals surface area (Å²) in [4.78, 5) is 26.9. The van der Waals surface area contributed by atoms with E-state index in [0.29, 0.717) is 5.69 Å². The predicted octanol–water partition coefficient (Wildman–Crippen LogP) is 2.78. The fraction of sp³-hybridized carbons (Fsp3) is 0. The van der Waals surface area contributed by atoms with Gasteiger partial charge in [-0.15, -0.1) is 0 Å². The lowest BCUT2D eigenvalue weighted by Crippen LogP contribution is -2.10. The largest absolute Gasteiger partial charge is 0.478 e. The fourth-order valence-electron chi connectivity index (χ4n) is 1.91. The number of hydrogen-bond donors (Lipinski definition) is 2. The Labute approximate surface area is 119 Å². The minimum absolute atomic E-state index is 0.0568. The molecule has 0 unspecified atom stereocenters. The number of fused-ring (bicyclic) bond motifs is 1. The van der Waals surface area contributed by atoms with Crippen LogP contribution in [0.3, 0.4) is 0 Å². The highest BCUT2D eigenvalue weighted by Crippen LogP contribution is 2.18. The van der Waals surface area contributed by atoms with Crippen LogP contribution in [0.4, 0.5) is 5.69 Å². The topological polar surface area (TPSA) is 92.4 Å². The van der Waals surface area contributed by atoms with E-state index < -0.39 is 11.9 Å². The molecule has 3 rings (SSSR count). The van der Waals surface area contributed by atoms with Crippen LogP contribution in [0.15, 0.2) is 53.3 Å². The van der Waals surface area contributed by atoms with E-state index in [9.17, 15) is 9.59 Å². The van der Waals surface area contributed by atoms with Crippen molar-refractivity contribution < 1.29 is 19.1 Å². The van der Waals surface area contributed by atoms with Crippen LogP contribution in [-0.4, -0.2) is 22.0 Å². The normalized spacial score (nSPS) is 10.5. The number of carboxylic acids is 1. The van der Waals surface area contributed by atoms with Gasteiger partial charge in [-0.05, 0) is 24.3 Å². The van der Waals surface area contributed by atoms with E-state index in [1.807, 2.05) is 6.07 Å². The number of nitrogens with zero attached hydrogens (tertiary/aromatic N) is 1. The highest BCUT2D eigenvalue weighted by molar-refractivity contribution is 6.04. The molecule has 0 bridgehead atoms. The van der Waals surface area contributed by atoms with E-state index in [2.05, 4.69) is 10.3 Å². The van der Waals surface area contributed by atoms with Crippen molar-refractivity contribution in [1.29, 1.82) is 0 Å². The molecule has 0 aliphatic carbocycles. The molecule has 6 nitrogen and oxygen atoms in total. The second-order valence-corrected chi connectivity index (χ2v) is 4.37. The minimum atomic E-state index is -1.14. The van der Waals surface area contributed by atoms with Crippen molar-refractivity contribution >= 4 is 28.5 Å². The van der Waals surface area contributed by atoms with Gasteiger partial charge >= 0.3 is 5.97 Å². The van der Waals surface area contributed by atoms with Crippen LogP contribution in [0, 0.1) is 0 Å². The monoisotopic (exact) mass is 282 g/mol. The number of pyridine rings is 1. The zero-order chi connectivity index (χ0) is 14.8. The van der Waals surface area contributed by atoms with Crippen LogP contribution < -0.4 is 5.32 Å². The third-order valence-corrected chi connectivity index (χ3v) is 2.93. The second-order valence-electron chi connectivity index (χ2n) is 4.37. The van der Waals surface area contributed by atoms with E-state index in [0.717, 1.165) is 17.2 Å². The number of carbonyl (C=O) groups is 2. The molecule has 0 aliphatic heterocycles. The third kappa shape index (κ3) is 2.59. The van der Waals surface area contributed by atoms with Crippen LogP contribution in [0.1, 0.15) is 20.9 Å². The molecule has 2 heterocycles. The molecule has 0 saturated carbocycles. The van der Waals surface area contributed by atoms with E-state index in [4.69, 9.17) is 9.52 Å². The van der Waals surface area contributed by atoms with E-state index in [1.165, 1.54) is 6.07 Å². The summed E-state index contributed by atoms with van der Waals surface area (Å²) in [5.74, 6) is -1.71. The number of rotatable bonds is 3. The summed E-state index contributed by atoms with van der Waals surface area (Å²) < 4.78 is 4.94. The summed E-state index contributed by atoms with van der Waals surface area (Å²) in [6.07, 6.45) is 2.72. The summed E-state index contributed by atoms with van der Waals surface area (Å²) in [6, 6.07) is 10.2. The first kappa shape index (κ1) is 12.9. The average Bonchev–Trinajstić information content (AvgIpc) is 2.97. The molecule has 1 amide bonds. The summed E-state index contributed by atoms with van der Waals surface area (Å²) >= 11 is 0. The number of aromatic carboxylic acids is 1. The van der Waals surface area contributed by atoms with Crippen LogP contribution in [-0.2, 0) is 0 Å². The zero-order valence-electron chi connectivity index (χ0n) is 10.7. The van der Waals surface area contributed by atoms with Crippen molar-refractivity contribution in [3.63, 3.8) is 0 Å². The maximum Gasteiger partial charge on any atom is 0.338 e. The van der Waals surface area contributed by atoms with E-state index in [-0.39, 0.29) is 11.3 Å². The molecule has 21 heavy (non-hydrogen) atoms. The number of carbonyl (C=O) groups excluding carboxylic acids is 1. The Morgan fingerprint density at radius 1 is 1.19 bits per heavy atom. The number of carboxylic acid groups (broad SMARTS) is 1.